The van der Waals surface area contributed by atoms with Crippen LogP contribution >= 0.6 is 0 Å². The van der Waals surface area contributed by atoms with Crippen LogP contribution in [-0.4, -0.2) is 12.6 Å². The van der Waals surface area contributed by atoms with Gasteiger partial charge in [0, 0.05) is 5.69 Å². The highest BCUT2D eigenvalue weighted by Crippen LogP contribution is 2.14. The Kier molecular flexibility index (Phi) is 4.94. The lowest BCUT2D eigenvalue weighted by molar-refractivity contribution is 0.0438. The normalized spacial score (nSPS) is 12.2. The van der Waals surface area contributed by atoms with E-state index in [0.29, 0.717) is 18.2 Å². The van der Waals surface area contributed by atoms with Crippen LogP contribution in [0, 0.1) is 11.7 Å². The molecule has 0 amide bonds. The van der Waals surface area contributed by atoms with E-state index in [1.54, 1.807) is 0 Å². The van der Waals surface area contributed by atoms with Gasteiger partial charge >= 0.3 is 5.97 Å². The minimum Gasteiger partial charge on any atom is -0.462 e. The van der Waals surface area contributed by atoms with Crippen molar-refractivity contribution < 1.29 is 13.9 Å². The molecule has 1 aromatic rings. The molecule has 1 atom stereocenters. The summed E-state index contributed by atoms with van der Waals surface area (Å²) in [6.07, 6.45) is 2.02. The van der Waals surface area contributed by atoms with Crippen LogP contribution in [0.25, 0.3) is 0 Å². The van der Waals surface area contributed by atoms with Crippen molar-refractivity contribution in [1.29, 1.82) is 0 Å². The minimum absolute atomic E-state index is 0.0668. The van der Waals surface area contributed by atoms with E-state index in [9.17, 15) is 9.18 Å². The van der Waals surface area contributed by atoms with Crippen molar-refractivity contribution in [3.8, 4) is 0 Å². The maximum atomic E-state index is 13.4. The summed E-state index contributed by atoms with van der Waals surface area (Å²) in [6, 6.07) is 3.94. The molecule has 0 radical (unpaired) electrons. The maximum absolute atomic E-state index is 13.4. The number of anilines is 1. The molecule has 0 spiro atoms. The zero-order chi connectivity index (χ0) is 12.8. The summed E-state index contributed by atoms with van der Waals surface area (Å²) >= 11 is 0. The number of carbonyl (C=O) groups is 1. The van der Waals surface area contributed by atoms with Crippen LogP contribution in [0.3, 0.4) is 0 Å². The molecule has 1 unspecified atom stereocenters. The molecule has 94 valence electrons. The molecule has 0 heterocycles. The highest BCUT2D eigenvalue weighted by Gasteiger charge is 2.14. The number of esters is 1. The Hall–Kier alpha value is -1.58. The summed E-state index contributed by atoms with van der Waals surface area (Å²) in [5.74, 6) is -0.982. The number of ether oxygens (including phenoxy) is 1. The molecule has 4 heteroatoms. The summed E-state index contributed by atoms with van der Waals surface area (Å²) in [6.45, 7) is 4.38. The zero-order valence-corrected chi connectivity index (χ0v) is 10.2. The van der Waals surface area contributed by atoms with Crippen LogP contribution in [0.15, 0.2) is 18.2 Å². The summed E-state index contributed by atoms with van der Waals surface area (Å²) in [5.41, 5.74) is 5.62. The van der Waals surface area contributed by atoms with E-state index in [1.165, 1.54) is 12.1 Å². The molecular formula is C13H18FNO2. The van der Waals surface area contributed by atoms with E-state index < -0.39 is 11.8 Å². The van der Waals surface area contributed by atoms with Crippen molar-refractivity contribution >= 4 is 11.7 Å². The highest BCUT2D eigenvalue weighted by molar-refractivity contribution is 5.90. The average molecular weight is 239 g/mol. The molecule has 1 aromatic carbocycles. The first kappa shape index (κ1) is 13.5. The van der Waals surface area contributed by atoms with Gasteiger partial charge in [-0.1, -0.05) is 20.3 Å². The van der Waals surface area contributed by atoms with Crippen molar-refractivity contribution in [2.75, 3.05) is 12.3 Å². The maximum Gasteiger partial charge on any atom is 0.341 e. The molecule has 3 nitrogen and oxygen atoms in total. The van der Waals surface area contributed by atoms with E-state index in [1.807, 2.05) is 6.92 Å². The predicted octanol–water partition coefficient (Wildman–Crippen LogP) is 3.00. The first-order chi connectivity index (χ1) is 8.04. The van der Waals surface area contributed by atoms with Crippen LogP contribution in [0.5, 0.6) is 0 Å². The SMILES string of the molecule is CCCC(C)COC(=O)c1ccc(N)cc1F. The molecule has 0 saturated carbocycles. The quantitative estimate of drug-likeness (QED) is 0.634. The number of rotatable bonds is 5. The Morgan fingerprint density at radius 2 is 2.24 bits per heavy atom. The second-order valence-electron chi connectivity index (χ2n) is 4.23. The Morgan fingerprint density at radius 1 is 1.53 bits per heavy atom. The summed E-state index contributed by atoms with van der Waals surface area (Å²) in [4.78, 5) is 11.6. The van der Waals surface area contributed by atoms with Gasteiger partial charge in [-0.15, -0.1) is 0 Å². The fourth-order valence-electron chi connectivity index (χ4n) is 1.57. The molecule has 0 aliphatic heterocycles. The third-order valence-electron chi connectivity index (χ3n) is 2.49. The van der Waals surface area contributed by atoms with Crippen molar-refractivity contribution in [2.45, 2.75) is 26.7 Å². The third kappa shape index (κ3) is 4.06. The van der Waals surface area contributed by atoms with Crippen LogP contribution in [0.2, 0.25) is 0 Å². The van der Waals surface area contributed by atoms with E-state index >= 15 is 0 Å². The Balaban J connectivity index is 2.58. The average Bonchev–Trinajstić information content (AvgIpc) is 2.26. The number of halogens is 1. The van der Waals surface area contributed by atoms with Crippen molar-refractivity contribution in [3.05, 3.63) is 29.6 Å². The van der Waals surface area contributed by atoms with Crippen LogP contribution in [0.1, 0.15) is 37.0 Å². The van der Waals surface area contributed by atoms with Gasteiger partial charge in [0.15, 0.2) is 0 Å². The standard InChI is InChI=1S/C13H18FNO2/c1-3-4-9(2)8-17-13(16)11-6-5-10(15)7-12(11)14/h5-7,9H,3-4,8,15H2,1-2H3. The molecule has 0 aromatic heterocycles. The number of nitrogen functional groups attached to an aromatic ring is 1. The lowest BCUT2D eigenvalue weighted by atomic mass is 10.1. The summed E-state index contributed by atoms with van der Waals surface area (Å²) in [7, 11) is 0. The van der Waals surface area contributed by atoms with Gasteiger partial charge in [-0.05, 0) is 30.5 Å². The lowest BCUT2D eigenvalue weighted by Crippen LogP contribution is -2.13. The van der Waals surface area contributed by atoms with Gasteiger partial charge in [0.05, 0.1) is 12.2 Å². The largest absolute Gasteiger partial charge is 0.462 e. The van der Waals surface area contributed by atoms with Crippen LogP contribution in [-0.2, 0) is 4.74 Å². The first-order valence-corrected chi connectivity index (χ1v) is 5.76. The Labute approximate surface area is 101 Å². The number of carbonyl (C=O) groups excluding carboxylic acids is 1. The smallest absolute Gasteiger partial charge is 0.341 e. The molecule has 1 rings (SSSR count). The van der Waals surface area contributed by atoms with E-state index in [2.05, 4.69) is 6.92 Å². The topological polar surface area (TPSA) is 52.3 Å². The van der Waals surface area contributed by atoms with Gasteiger partial charge in [-0.3, -0.25) is 0 Å². The lowest BCUT2D eigenvalue weighted by Gasteiger charge is -2.11. The summed E-state index contributed by atoms with van der Waals surface area (Å²) in [5, 5.41) is 0. The molecule has 0 aliphatic rings. The summed E-state index contributed by atoms with van der Waals surface area (Å²) < 4.78 is 18.4. The fourth-order valence-corrected chi connectivity index (χ4v) is 1.57. The molecule has 0 aliphatic carbocycles. The minimum atomic E-state index is -0.641. The van der Waals surface area contributed by atoms with Crippen LogP contribution in [0.4, 0.5) is 10.1 Å². The number of hydrogen-bond donors (Lipinski definition) is 1. The Bertz CT molecular complexity index is 393. The fraction of sp³-hybridized carbons (Fsp3) is 0.462. The number of hydrogen-bond acceptors (Lipinski definition) is 3. The van der Waals surface area contributed by atoms with Gasteiger partial charge in [-0.25, -0.2) is 9.18 Å². The number of benzene rings is 1. The van der Waals surface area contributed by atoms with E-state index in [-0.39, 0.29) is 5.56 Å². The van der Waals surface area contributed by atoms with Crippen molar-refractivity contribution in [1.82, 2.24) is 0 Å². The molecule has 0 bridgehead atoms. The van der Waals surface area contributed by atoms with E-state index in [0.717, 1.165) is 18.9 Å². The van der Waals surface area contributed by atoms with Gasteiger partial charge in [0.25, 0.3) is 0 Å². The molecular weight excluding hydrogens is 221 g/mol. The predicted molar refractivity (Wildman–Crippen MR) is 65.2 cm³/mol. The number of nitrogens with two attached hydrogens (primary N) is 1. The van der Waals surface area contributed by atoms with Crippen molar-refractivity contribution in [2.24, 2.45) is 5.92 Å². The Morgan fingerprint density at radius 3 is 2.82 bits per heavy atom. The second kappa shape index (κ2) is 6.23. The molecule has 17 heavy (non-hydrogen) atoms. The highest BCUT2D eigenvalue weighted by atomic mass is 19.1. The molecule has 0 saturated heterocycles. The molecule has 0 fully saturated rings. The van der Waals surface area contributed by atoms with Gasteiger partial charge in [0.1, 0.15) is 5.82 Å². The van der Waals surface area contributed by atoms with Gasteiger partial charge in [-0.2, -0.15) is 0 Å². The van der Waals surface area contributed by atoms with Crippen molar-refractivity contribution in [3.63, 3.8) is 0 Å². The van der Waals surface area contributed by atoms with Gasteiger partial charge < -0.3 is 10.5 Å². The second-order valence-corrected chi connectivity index (χ2v) is 4.23. The monoisotopic (exact) mass is 239 g/mol. The van der Waals surface area contributed by atoms with Gasteiger partial charge in [0.2, 0.25) is 0 Å². The molecule has 2 N–H and O–H groups in total. The zero-order valence-electron chi connectivity index (χ0n) is 10.2. The van der Waals surface area contributed by atoms with E-state index in [4.69, 9.17) is 10.5 Å². The van der Waals surface area contributed by atoms with Crippen LogP contribution < -0.4 is 5.73 Å². The first-order valence-electron chi connectivity index (χ1n) is 5.76. The third-order valence-corrected chi connectivity index (χ3v) is 2.49.